The topological polar surface area (TPSA) is 24.9 Å². The van der Waals surface area contributed by atoms with Gasteiger partial charge in [-0.2, -0.15) is 0 Å². The van der Waals surface area contributed by atoms with E-state index in [1.54, 1.807) is 0 Å². The standard InChI is InChI=1S/C17H22N2/c1-17(2,3)19-16-8-6-14(7-9-16)4-5-15-10-12-18-13-11-15/h6-13,19H,4-5H2,1-3H3. The summed E-state index contributed by atoms with van der Waals surface area (Å²) >= 11 is 0. The molecule has 0 unspecified atom stereocenters. The van der Waals surface area contributed by atoms with Crippen molar-refractivity contribution in [1.29, 1.82) is 0 Å². The molecule has 2 heteroatoms. The van der Waals surface area contributed by atoms with E-state index in [2.05, 4.69) is 67.5 Å². The molecule has 0 saturated carbocycles. The van der Waals surface area contributed by atoms with Gasteiger partial charge in [0, 0.05) is 23.6 Å². The third-order valence-electron chi connectivity index (χ3n) is 2.92. The fraction of sp³-hybridized carbons (Fsp3) is 0.353. The van der Waals surface area contributed by atoms with Crippen LogP contribution in [-0.4, -0.2) is 10.5 Å². The molecule has 100 valence electrons. The number of pyridine rings is 1. The lowest BCUT2D eigenvalue weighted by atomic mass is 10.0. The Hall–Kier alpha value is -1.83. The van der Waals surface area contributed by atoms with Crippen molar-refractivity contribution in [2.24, 2.45) is 0 Å². The Balaban J connectivity index is 1.92. The lowest BCUT2D eigenvalue weighted by Gasteiger charge is -2.22. The van der Waals surface area contributed by atoms with E-state index in [1.165, 1.54) is 16.8 Å². The largest absolute Gasteiger partial charge is 0.380 e. The molecule has 0 fully saturated rings. The SMILES string of the molecule is CC(C)(C)Nc1ccc(CCc2ccncc2)cc1. The Bertz CT molecular complexity index is 495. The number of nitrogens with one attached hydrogen (secondary N) is 1. The summed E-state index contributed by atoms with van der Waals surface area (Å²) in [5.41, 5.74) is 4.00. The van der Waals surface area contributed by atoms with Gasteiger partial charge in [-0.1, -0.05) is 12.1 Å². The van der Waals surface area contributed by atoms with Crippen LogP contribution in [0.15, 0.2) is 48.8 Å². The normalized spacial score (nSPS) is 11.3. The summed E-state index contributed by atoms with van der Waals surface area (Å²) in [6, 6.07) is 12.9. The van der Waals surface area contributed by atoms with Crippen LogP contribution in [0.1, 0.15) is 31.9 Å². The van der Waals surface area contributed by atoms with Crippen LogP contribution in [0, 0.1) is 0 Å². The fourth-order valence-electron chi connectivity index (χ4n) is 2.03. The van der Waals surface area contributed by atoms with Gasteiger partial charge in [0.1, 0.15) is 0 Å². The highest BCUT2D eigenvalue weighted by Crippen LogP contribution is 2.16. The highest BCUT2D eigenvalue weighted by molar-refractivity contribution is 5.46. The van der Waals surface area contributed by atoms with Gasteiger partial charge in [-0.15, -0.1) is 0 Å². The highest BCUT2D eigenvalue weighted by atomic mass is 14.9. The molecule has 0 bridgehead atoms. The van der Waals surface area contributed by atoms with Crippen molar-refractivity contribution in [2.75, 3.05) is 5.32 Å². The molecule has 0 saturated heterocycles. The Morgan fingerprint density at radius 3 is 1.89 bits per heavy atom. The van der Waals surface area contributed by atoms with E-state index < -0.39 is 0 Å². The first-order chi connectivity index (χ1) is 9.03. The molecule has 0 aliphatic rings. The summed E-state index contributed by atoms with van der Waals surface area (Å²) in [6.07, 6.45) is 5.84. The molecule has 1 heterocycles. The predicted octanol–water partition coefficient (Wildman–Crippen LogP) is 4.08. The van der Waals surface area contributed by atoms with Crippen molar-refractivity contribution < 1.29 is 0 Å². The number of benzene rings is 1. The smallest absolute Gasteiger partial charge is 0.0344 e. The summed E-state index contributed by atoms with van der Waals surface area (Å²) in [6.45, 7) is 6.51. The van der Waals surface area contributed by atoms with Crippen LogP contribution in [0.3, 0.4) is 0 Å². The van der Waals surface area contributed by atoms with Gasteiger partial charge in [0.25, 0.3) is 0 Å². The minimum absolute atomic E-state index is 0.110. The lowest BCUT2D eigenvalue weighted by molar-refractivity contribution is 0.634. The van der Waals surface area contributed by atoms with Crippen molar-refractivity contribution in [3.05, 3.63) is 59.9 Å². The second-order valence-corrected chi connectivity index (χ2v) is 5.93. The molecule has 19 heavy (non-hydrogen) atoms. The number of hydrogen-bond acceptors (Lipinski definition) is 2. The molecule has 0 aliphatic heterocycles. The van der Waals surface area contributed by atoms with Gasteiger partial charge in [0.05, 0.1) is 0 Å². The lowest BCUT2D eigenvalue weighted by Crippen LogP contribution is -2.25. The highest BCUT2D eigenvalue weighted by Gasteiger charge is 2.08. The number of aromatic nitrogens is 1. The molecule has 2 nitrogen and oxygen atoms in total. The van der Waals surface area contributed by atoms with E-state index in [0.717, 1.165) is 12.8 Å². The zero-order chi connectivity index (χ0) is 13.7. The molecule has 0 amide bonds. The summed E-state index contributed by atoms with van der Waals surface area (Å²) in [4.78, 5) is 4.04. The van der Waals surface area contributed by atoms with E-state index in [1.807, 2.05) is 12.4 Å². The Kier molecular flexibility index (Phi) is 4.20. The third-order valence-corrected chi connectivity index (χ3v) is 2.92. The monoisotopic (exact) mass is 254 g/mol. The van der Waals surface area contributed by atoms with Gasteiger partial charge in [0.15, 0.2) is 0 Å². The first-order valence-corrected chi connectivity index (χ1v) is 6.79. The van der Waals surface area contributed by atoms with Gasteiger partial charge in [0.2, 0.25) is 0 Å². The van der Waals surface area contributed by atoms with Crippen molar-refractivity contribution in [2.45, 2.75) is 39.2 Å². The third kappa shape index (κ3) is 4.74. The molecule has 1 aromatic heterocycles. The molecule has 0 spiro atoms. The summed E-state index contributed by atoms with van der Waals surface area (Å²) < 4.78 is 0. The minimum atomic E-state index is 0.110. The van der Waals surface area contributed by atoms with E-state index in [9.17, 15) is 0 Å². The van der Waals surface area contributed by atoms with Crippen molar-refractivity contribution >= 4 is 5.69 Å². The van der Waals surface area contributed by atoms with Gasteiger partial charge >= 0.3 is 0 Å². The van der Waals surface area contributed by atoms with Crippen LogP contribution in [0.5, 0.6) is 0 Å². The molecule has 0 atom stereocenters. The molecular formula is C17H22N2. The van der Waals surface area contributed by atoms with Crippen LogP contribution >= 0.6 is 0 Å². The maximum atomic E-state index is 4.04. The fourth-order valence-corrected chi connectivity index (χ4v) is 2.03. The second kappa shape index (κ2) is 5.87. The van der Waals surface area contributed by atoms with Crippen LogP contribution in [0.2, 0.25) is 0 Å². The minimum Gasteiger partial charge on any atom is -0.380 e. The molecular weight excluding hydrogens is 232 g/mol. The van der Waals surface area contributed by atoms with Gasteiger partial charge in [-0.25, -0.2) is 0 Å². The summed E-state index contributed by atoms with van der Waals surface area (Å²) in [5, 5.41) is 3.47. The van der Waals surface area contributed by atoms with Crippen molar-refractivity contribution in [1.82, 2.24) is 4.98 Å². The molecule has 0 radical (unpaired) electrons. The van der Waals surface area contributed by atoms with E-state index in [-0.39, 0.29) is 5.54 Å². The van der Waals surface area contributed by atoms with E-state index in [0.29, 0.717) is 0 Å². The molecule has 2 rings (SSSR count). The van der Waals surface area contributed by atoms with Crippen molar-refractivity contribution in [3.63, 3.8) is 0 Å². The molecule has 2 aromatic rings. The van der Waals surface area contributed by atoms with E-state index in [4.69, 9.17) is 0 Å². The van der Waals surface area contributed by atoms with Crippen LogP contribution < -0.4 is 5.32 Å². The van der Waals surface area contributed by atoms with E-state index >= 15 is 0 Å². The van der Waals surface area contributed by atoms with Gasteiger partial charge < -0.3 is 5.32 Å². The summed E-state index contributed by atoms with van der Waals surface area (Å²) in [7, 11) is 0. The Morgan fingerprint density at radius 1 is 0.842 bits per heavy atom. The Labute approximate surface area is 115 Å². The number of nitrogens with zero attached hydrogens (tertiary/aromatic N) is 1. The molecule has 1 aromatic carbocycles. The quantitative estimate of drug-likeness (QED) is 0.889. The van der Waals surface area contributed by atoms with Crippen LogP contribution in [-0.2, 0) is 12.8 Å². The molecule has 1 N–H and O–H groups in total. The molecule has 0 aliphatic carbocycles. The number of rotatable bonds is 4. The first kappa shape index (κ1) is 13.6. The Morgan fingerprint density at radius 2 is 1.37 bits per heavy atom. The summed E-state index contributed by atoms with van der Waals surface area (Å²) in [5.74, 6) is 0. The number of aryl methyl sites for hydroxylation is 2. The zero-order valence-electron chi connectivity index (χ0n) is 12.0. The van der Waals surface area contributed by atoms with Gasteiger partial charge in [-0.3, -0.25) is 4.98 Å². The number of hydrogen-bond donors (Lipinski definition) is 1. The van der Waals surface area contributed by atoms with Gasteiger partial charge in [-0.05, 0) is 69.0 Å². The number of anilines is 1. The zero-order valence-corrected chi connectivity index (χ0v) is 12.0. The average Bonchev–Trinajstić information content (AvgIpc) is 2.37. The average molecular weight is 254 g/mol. The second-order valence-electron chi connectivity index (χ2n) is 5.93. The maximum absolute atomic E-state index is 4.04. The predicted molar refractivity (Wildman–Crippen MR) is 81.5 cm³/mol. The maximum Gasteiger partial charge on any atom is 0.0344 e. The van der Waals surface area contributed by atoms with Crippen LogP contribution in [0.25, 0.3) is 0 Å². The van der Waals surface area contributed by atoms with Crippen molar-refractivity contribution in [3.8, 4) is 0 Å². The van der Waals surface area contributed by atoms with Crippen LogP contribution in [0.4, 0.5) is 5.69 Å². The first-order valence-electron chi connectivity index (χ1n) is 6.79.